The SMILES string of the molecule is CCC(CC)C(C)NCc1ccn(C)n1. The van der Waals surface area contributed by atoms with E-state index in [0.29, 0.717) is 6.04 Å². The Balaban J connectivity index is 2.36. The fourth-order valence-corrected chi connectivity index (χ4v) is 1.99. The molecule has 1 aromatic rings. The lowest BCUT2D eigenvalue weighted by molar-refractivity contribution is 0.351. The molecule has 15 heavy (non-hydrogen) atoms. The molecule has 0 aliphatic heterocycles. The van der Waals surface area contributed by atoms with E-state index in [9.17, 15) is 0 Å². The van der Waals surface area contributed by atoms with Crippen LogP contribution in [0.3, 0.4) is 0 Å². The lowest BCUT2D eigenvalue weighted by atomic mass is 9.95. The summed E-state index contributed by atoms with van der Waals surface area (Å²) in [5.41, 5.74) is 1.12. The first kappa shape index (κ1) is 12.2. The topological polar surface area (TPSA) is 29.9 Å². The molecule has 86 valence electrons. The van der Waals surface area contributed by atoms with Crippen LogP contribution in [0.5, 0.6) is 0 Å². The zero-order valence-electron chi connectivity index (χ0n) is 10.3. The molecule has 0 saturated carbocycles. The summed E-state index contributed by atoms with van der Waals surface area (Å²) in [5.74, 6) is 0.772. The summed E-state index contributed by atoms with van der Waals surface area (Å²) in [6, 6.07) is 2.63. The van der Waals surface area contributed by atoms with Crippen LogP contribution in [-0.2, 0) is 13.6 Å². The van der Waals surface area contributed by atoms with Gasteiger partial charge in [-0.05, 0) is 18.9 Å². The Morgan fingerprint density at radius 2 is 2.07 bits per heavy atom. The number of nitrogens with zero attached hydrogens (tertiary/aromatic N) is 2. The number of aromatic nitrogens is 2. The molecule has 1 heterocycles. The highest BCUT2D eigenvalue weighted by Gasteiger charge is 2.12. The van der Waals surface area contributed by atoms with Gasteiger partial charge < -0.3 is 5.32 Å². The molecular formula is C12H23N3. The quantitative estimate of drug-likeness (QED) is 0.779. The van der Waals surface area contributed by atoms with Gasteiger partial charge in [-0.1, -0.05) is 26.7 Å². The van der Waals surface area contributed by atoms with Gasteiger partial charge in [0.1, 0.15) is 0 Å². The molecule has 0 saturated heterocycles. The Bertz CT molecular complexity index is 276. The highest BCUT2D eigenvalue weighted by Crippen LogP contribution is 2.12. The van der Waals surface area contributed by atoms with Crippen molar-refractivity contribution in [2.24, 2.45) is 13.0 Å². The minimum absolute atomic E-state index is 0.571. The smallest absolute Gasteiger partial charge is 0.0762 e. The number of nitrogens with one attached hydrogen (secondary N) is 1. The first-order valence-corrected chi connectivity index (χ1v) is 5.89. The summed E-state index contributed by atoms with van der Waals surface area (Å²) in [4.78, 5) is 0. The molecule has 1 rings (SSSR count). The fraction of sp³-hybridized carbons (Fsp3) is 0.750. The van der Waals surface area contributed by atoms with E-state index in [0.717, 1.165) is 18.2 Å². The van der Waals surface area contributed by atoms with Crippen LogP contribution in [0.2, 0.25) is 0 Å². The summed E-state index contributed by atoms with van der Waals surface area (Å²) < 4.78 is 1.85. The fourth-order valence-electron chi connectivity index (χ4n) is 1.99. The van der Waals surface area contributed by atoms with Gasteiger partial charge in [0.2, 0.25) is 0 Å². The molecule has 3 heteroatoms. The lowest BCUT2D eigenvalue weighted by Gasteiger charge is -2.22. The van der Waals surface area contributed by atoms with E-state index in [1.807, 2.05) is 17.9 Å². The van der Waals surface area contributed by atoms with E-state index in [1.54, 1.807) is 0 Å². The second kappa shape index (κ2) is 5.91. The maximum absolute atomic E-state index is 4.35. The van der Waals surface area contributed by atoms with E-state index in [-0.39, 0.29) is 0 Å². The van der Waals surface area contributed by atoms with Crippen molar-refractivity contribution in [1.82, 2.24) is 15.1 Å². The van der Waals surface area contributed by atoms with Gasteiger partial charge in [0, 0.05) is 25.8 Å². The van der Waals surface area contributed by atoms with Gasteiger partial charge in [-0.3, -0.25) is 4.68 Å². The Hall–Kier alpha value is -0.830. The summed E-state index contributed by atoms with van der Waals surface area (Å²) in [6.07, 6.45) is 4.47. The van der Waals surface area contributed by atoms with E-state index in [2.05, 4.69) is 37.3 Å². The van der Waals surface area contributed by atoms with Crippen LogP contribution in [-0.4, -0.2) is 15.8 Å². The molecule has 1 atom stereocenters. The van der Waals surface area contributed by atoms with Crippen molar-refractivity contribution < 1.29 is 0 Å². The Kier molecular flexibility index (Phi) is 4.82. The zero-order valence-corrected chi connectivity index (χ0v) is 10.3. The van der Waals surface area contributed by atoms with Crippen molar-refractivity contribution in [3.05, 3.63) is 18.0 Å². The number of rotatable bonds is 6. The average molecular weight is 209 g/mol. The van der Waals surface area contributed by atoms with Crippen molar-refractivity contribution in [2.75, 3.05) is 0 Å². The lowest BCUT2D eigenvalue weighted by Crippen LogP contribution is -2.32. The molecule has 0 aliphatic carbocycles. The van der Waals surface area contributed by atoms with Crippen LogP contribution in [0.4, 0.5) is 0 Å². The van der Waals surface area contributed by atoms with Gasteiger partial charge in [0.25, 0.3) is 0 Å². The number of hydrogen-bond acceptors (Lipinski definition) is 2. The predicted molar refractivity (Wildman–Crippen MR) is 63.6 cm³/mol. The Morgan fingerprint density at radius 1 is 1.40 bits per heavy atom. The van der Waals surface area contributed by atoms with Crippen LogP contribution in [0.25, 0.3) is 0 Å². The molecule has 0 spiro atoms. The largest absolute Gasteiger partial charge is 0.308 e. The number of hydrogen-bond donors (Lipinski definition) is 1. The van der Waals surface area contributed by atoms with Crippen LogP contribution < -0.4 is 5.32 Å². The zero-order chi connectivity index (χ0) is 11.3. The van der Waals surface area contributed by atoms with Crippen molar-refractivity contribution >= 4 is 0 Å². The summed E-state index contributed by atoms with van der Waals surface area (Å²) in [5, 5.41) is 7.89. The number of aryl methyl sites for hydroxylation is 1. The summed E-state index contributed by atoms with van der Waals surface area (Å²) >= 11 is 0. The molecule has 0 amide bonds. The van der Waals surface area contributed by atoms with Crippen molar-refractivity contribution in [3.63, 3.8) is 0 Å². The van der Waals surface area contributed by atoms with Gasteiger partial charge in [0.15, 0.2) is 0 Å². The van der Waals surface area contributed by atoms with Gasteiger partial charge >= 0.3 is 0 Å². The van der Waals surface area contributed by atoms with Gasteiger partial charge in [-0.25, -0.2) is 0 Å². The van der Waals surface area contributed by atoms with Crippen molar-refractivity contribution in [1.29, 1.82) is 0 Å². The van der Waals surface area contributed by atoms with Crippen molar-refractivity contribution in [3.8, 4) is 0 Å². The summed E-state index contributed by atoms with van der Waals surface area (Å²) in [7, 11) is 1.95. The predicted octanol–water partition coefficient (Wildman–Crippen LogP) is 2.33. The Labute approximate surface area is 92.9 Å². The van der Waals surface area contributed by atoms with E-state index in [4.69, 9.17) is 0 Å². The highest BCUT2D eigenvalue weighted by atomic mass is 15.3. The molecule has 3 nitrogen and oxygen atoms in total. The minimum Gasteiger partial charge on any atom is -0.308 e. The average Bonchev–Trinajstić information content (AvgIpc) is 2.63. The maximum Gasteiger partial charge on any atom is 0.0762 e. The second-order valence-corrected chi connectivity index (χ2v) is 4.23. The normalized spacial score (nSPS) is 13.4. The highest BCUT2D eigenvalue weighted by molar-refractivity contribution is 4.98. The minimum atomic E-state index is 0.571. The van der Waals surface area contributed by atoms with Crippen molar-refractivity contribution in [2.45, 2.75) is 46.2 Å². The van der Waals surface area contributed by atoms with Gasteiger partial charge in [0.05, 0.1) is 5.69 Å². The van der Waals surface area contributed by atoms with Crippen LogP contribution in [0.1, 0.15) is 39.3 Å². The van der Waals surface area contributed by atoms with Crippen LogP contribution >= 0.6 is 0 Å². The van der Waals surface area contributed by atoms with Crippen LogP contribution in [0, 0.1) is 5.92 Å². The molecule has 0 fully saturated rings. The molecule has 1 aromatic heterocycles. The standard InChI is InChI=1S/C12H23N3/c1-5-11(6-2)10(3)13-9-12-7-8-15(4)14-12/h7-8,10-11,13H,5-6,9H2,1-4H3. The van der Waals surface area contributed by atoms with E-state index >= 15 is 0 Å². The first-order chi connectivity index (χ1) is 7.17. The molecule has 1 unspecified atom stereocenters. The van der Waals surface area contributed by atoms with E-state index < -0.39 is 0 Å². The second-order valence-electron chi connectivity index (χ2n) is 4.23. The van der Waals surface area contributed by atoms with Gasteiger partial charge in [-0.15, -0.1) is 0 Å². The first-order valence-electron chi connectivity index (χ1n) is 5.89. The molecule has 0 aromatic carbocycles. The molecule has 0 bridgehead atoms. The third kappa shape index (κ3) is 3.67. The molecule has 0 radical (unpaired) electrons. The third-order valence-electron chi connectivity index (χ3n) is 3.13. The molecule has 1 N–H and O–H groups in total. The summed E-state index contributed by atoms with van der Waals surface area (Å²) in [6.45, 7) is 7.65. The monoisotopic (exact) mass is 209 g/mol. The third-order valence-corrected chi connectivity index (χ3v) is 3.13. The van der Waals surface area contributed by atoms with Gasteiger partial charge in [-0.2, -0.15) is 5.10 Å². The van der Waals surface area contributed by atoms with E-state index in [1.165, 1.54) is 12.8 Å². The van der Waals surface area contributed by atoms with Crippen LogP contribution in [0.15, 0.2) is 12.3 Å². The Morgan fingerprint density at radius 3 is 2.53 bits per heavy atom. The molecule has 0 aliphatic rings. The molecular weight excluding hydrogens is 186 g/mol. The maximum atomic E-state index is 4.35.